The summed E-state index contributed by atoms with van der Waals surface area (Å²) in [5.74, 6) is 0.348. The van der Waals surface area contributed by atoms with Gasteiger partial charge in [-0.2, -0.15) is 0 Å². The van der Waals surface area contributed by atoms with Crippen molar-refractivity contribution in [3.8, 4) is 11.5 Å². The van der Waals surface area contributed by atoms with Gasteiger partial charge in [-0.15, -0.1) is 0 Å². The van der Waals surface area contributed by atoms with Gasteiger partial charge in [0.25, 0.3) is 5.91 Å². The number of carbonyl (C=O) groups excluding carboxylic acids is 2. The molecule has 0 aromatic heterocycles. The molecule has 0 radical (unpaired) electrons. The zero-order chi connectivity index (χ0) is 24.6. The molecule has 7 nitrogen and oxygen atoms in total. The third kappa shape index (κ3) is 4.47. The number of rotatable bonds is 7. The van der Waals surface area contributed by atoms with Crippen LogP contribution in [0.3, 0.4) is 0 Å². The van der Waals surface area contributed by atoms with Gasteiger partial charge in [-0.25, -0.2) is 9.18 Å². The molecule has 0 aliphatic carbocycles. The van der Waals surface area contributed by atoms with E-state index >= 15 is 4.39 Å². The quantitative estimate of drug-likeness (QED) is 0.567. The molecule has 33 heavy (non-hydrogen) atoms. The van der Waals surface area contributed by atoms with Crippen molar-refractivity contribution in [3.05, 3.63) is 59.7 Å². The smallest absolute Gasteiger partial charge is 0.326 e. The number of methoxy groups -OCH3 is 2. The topological polar surface area (TPSA) is 68.3 Å². The average molecular weight is 475 g/mol. The van der Waals surface area contributed by atoms with Gasteiger partial charge in [-0.05, 0) is 55.0 Å². The lowest BCUT2D eigenvalue weighted by atomic mass is 9.76. The Morgan fingerprint density at radius 2 is 1.27 bits per heavy atom. The van der Waals surface area contributed by atoms with Crippen LogP contribution in [-0.2, 0) is 14.8 Å². The van der Waals surface area contributed by atoms with E-state index in [0.717, 1.165) is 4.90 Å². The molecule has 178 valence electrons. The number of benzene rings is 2. The maximum Gasteiger partial charge on any atom is 0.326 e. The van der Waals surface area contributed by atoms with E-state index in [-0.39, 0.29) is 0 Å². The molecule has 1 saturated heterocycles. The molecule has 9 heteroatoms. The lowest BCUT2D eigenvalue weighted by Crippen LogP contribution is -2.68. The maximum atomic E-state index is 15.9. The van der Waals surface area contributed by atoms with E-state index in [2.05, 4.69) is 0 Å². The molecule has 0 spiro atoms. The second kappa shape index (κ2) is 9.15. The summed E-state index contributed by atoms with van der Waals surface area (Å²) >= 11 is 0. The van der Waals surface area contributed by atoms with E-state index < -0.39 is 38.1 Å². The summed E-state index contributed by atoms with van der Waals surface area (Å²) in [4.78, 5) is 27.8. The fourth-order valence-corrected chi connectivity index (χ4v) is 5.61. The van der Waals surface area contributed by atoms with E-state index in [1.54, 1.807) is 62.8 Å². The lowest BCUT2D eigenvalue weighted by molar-refractivity contribution is -0.144. The Kier molecular flexibility index (Phi) is 6.85. The van der Waals surface area contributed by atoms with E-state index in [1.807, 2.05) is 19.6 Å². The Morgan fingerprint density at radius 1 is 0.848 bits per heavy atom. The molecule has 1 heterocycles. The first-order valence-electron chi connectivity index (χ1n) is 10.6. The number of carbonyl (C=O) groups is 2. The number of imide groups is 1. The Hall–Kier alpha value is -2.91. The highest BCUT2D eigenvalue weighted by molar-refractivity contribution is 6.69. The minimum atomic E-state index is -2.40. The summed E-state index contributed by atoms with van der Waals surface area (Å²) in [6.45, 7) is 5.96. The molecule has 2 aromatic rings. The summed E-state index contributed by atoms with van der Waals surface area (Å²) < 4.78 is 33.4. The van der Waals surface area contributed by atoms with Gasteiger partial charge in [0.2, 0.25) is 6.17 Å². The summed E-state index contributed by atoms with van der Waals surface area (Å²) in [6, 6.07) is 12.4. The summed E-state index contributed by atoms with van der Waals surface area (Å²) in [5.41, 5.74) is -0.231. The molecule has 2 atom stereocenters. The minimum absolute atomic E-state index is 0.593. The predicted octanol–water partition coefficient (Wildman–Crippen LogP) is 4.03. The highest BCUT2D eigenvalue weighted by Crippen LogP contribution is 2.45. The Morgan fingerprint density at radius 3 is 1.64 bits per heavy atom. The van der Waals surface area contributed by atoms with Gasteiger partial charge < -0.3 is 18.8 Å². The van der Waals surface area contributed by atoms with Gasteiger partial charge in [0.1, 0.15) is 23.1 Å². The average Bonchev–Trinajstić information content (AvgIpc) is 2.80. The number of alkyl halides is 1. The molecule has 3 rings (SSSR count). The molecule has 0 N–H and O–H groups in total. The van der Waals surface area contributed by atoms with Gasteiger partial charge in [-0.1, -0.05) is 24.3 Å². The fraction of sp³-hybridized carbons (Fsp3) is 0.417. The Bertz CT molecular complexity index is 938. The minimum Gasteiger partial charge on any atom is -0.497 e. The molecule has 1 aliphatic rings. The number of nitrogens with zero attached hydrogens (tertiary/aromatic N) is 2. The highest BCUT2D eigenvalue weighted by Gasteiger charge is 2.58. The first-order chi connectivity index (χ1) is 15.5. The van der Waals surface area contributed by atoms with E-state index in [1.165, 1.54) is 19.0 Å². The van der Waals surface area contributed by atoms with E-state index in [4.69, 9.17) is 13.9 Å². The van der Waals surface area contributed by atoms with Crippen molar-refractivity contribution in [2.75, 3.05) is 28.3 Å². The zero-order valence-corrected chi connectivity index (χ0v) is 21.1. The van der Waals surface area contributed by atoms with Gasteiger partial charge in [-0.3, -0.25) is 9.69 Å². The molecular formula is C24H31FN2O5Si. The first-order valence-corrected chi connectivity index (χ1v) is 14.0. The van der Waals surface area contributed by atoms with Crippen molar-refractivity contribution < 1.29 is 27.9 Å². The Balaban J connectivity index is 2.36. The summed E-state index contributed by atoms with van der Waals surface area (Å²) in [7, 11) is 3.50. The summed E-state index contributed by atoms with van der Waals surface area (Å²) in [6.07, 6.45) is -2.00. The van der Waals surface area contributed by atoms with Crippen molar-refractivity contribution in [2.24, 2.45) is 0 Å². The van der Waals surface area contributed by atoms with Gasteiger partial charge in [0.05, 0.1) is 14.2 Å². The maximum absolute atomic E-state index is 15.9. The van der Waals surface area contributed by atoms with Crippen LogP contribution < -0.4 is 9.47 Å². The van der Waals surface area contributed by atoms with Crippen LogP contribution in [0.15, 0.2) is 48.5 Å². The zero-order valence-electron chi connectivity index (χ0n) is 20.1. The van der Waals surface area contributed by atoms with E-state index in [0.29, 0.717) is 22.6 Å². The first kappa shape index (κ1) is 24.7. The molecule has 0 bridgehead atoms. The number of ether oxygens (including phenoxy) is 2. The van der Waals surface area contributed by atoms with Crippen LogP contribution in [-0.4, -0.2) is 70.6 Å². The van der Waals surface area contributed by atoms with Gasteiger partial charge in [0.15, 0.2) is 8.32 Å². The van der Waals surface area contributed by atoms with Crippen LogP contribution in [0.4, 0.5) is 9.18 Å². The van der Waals surface area contributed by atoms with Crippen molar-refractivity contribution in [3.63, 3.8) is 0 Å². The molecule has 0 unspecified atom stereocenters. The molecule has 3 amide bonds. The van der Waals surface area contributed by atoms with Crippen LogP contribution >= 0.6 is 0 Å². The van der Waals surface area contributed by atoms with Gasteiger partial charge in [0, 0.05) is 14.1 Å². The van der Waals surface area contributed by atoms with Crippen LogP contribution in [0.2, 0.25) is 19.6 Å². The predicted molar refractivity (Wildman–Crippen MR) is 126 cm³/mol. The second-order valence-electron chi connectivity index (χ2n) is 9.04. The number of hydrogen-bond acceptors (Lipinski definition) is 5. The third-order valence-electron chi connectivity index (χ3n) is 5.77. The van der Waals surface area contributed by atoms with Crippen molar-refractivity contribution in [2.45, 2.75) is 37.5 Å². The molecular weight excluding hydrogens is 443 g/mol. The SMILES string of the molecule is COc1ccc(C(O[Si](C)(C)C)(c2ccc(OC)cc2)[C@@H]2[C@H](F)C(=O)N(C)C(=O)N2C)cc1. The molecule has 1 aliphatic heterocycles. The lowest BCUT2D eigenvalue weighted by Gasteiger charge is -2.51. The largest absolute Gasteiger partial charge is 0.497 e. The number of hydrogen-bond donors (Lipinski definition) is 0. The number of amides is 3. The monoisotopic (exact) mass is 474 g/mol. The molecule has 0 saturated carbocycles. The number of urea groups is 1. The van der Waals surface area contributed by atoms with Crippen molar-refractivity contribution in [1.29, 1.82) is 0 Å². The van der Waals surface area contributed by atoms with E-state index in [9.17, 15) is 9.59 Å². The van der Waals surface area contributed by atoms with Gasteiger partial charge >= 0.3 is 6.03 Å². The fourth-order valence-electron chi connectivity index (χ4n) is 4.29. The molecule has 2 aromatic carbocycles. The number of halogens is 1. The summed E-state index contributed by atoms with van der Waals surface area (Å²) in [5, 5.41) is 0. The number of likely N-dealkylation sites (N-methyl/N-ethyl adjacent to an activating group) is 1. The molecule has 1 fully saturated rings. The van der Waals surface area contributed by atoms with Crippen LogP contribution in [0.1, 0.15) is 11.1 Å². The van der Waals surface area contributed by atoms with Crippen LogP contribution in [0, 0.1) is 0 Å². The van der Waals surface area contributed by atoms with Crippen molar-refractivity contribution in [1.82, 2.24) is 9.80 Å². The second-order valence-corrected chi connectivity index (χ2v) is 13.5. The normalized spacial score (nSPS) is 19.6. The Labute approximate surface area is 195 Å². The van der Waals surface area contributed by atoms with Crippen LogP contribution in [0.5, 0.6) is 11.5 Å². The van der Waals surface area contributed by atoms with Crippen LogP contribution in [0.25, 0.3) is 0 Å². The highest BCUT2D eigenvalue weighted by atomic mass is 28.4. The van der Waals surface area contributed by atoms with Crippen molar-refractivity contribution >= 4 is 20.3 Å². The third-order valence-corrected chi connectivity index (χ3v) is 6.71. The standard InChI is InChI=1S/C24H31FN2O5Si/c1-26-21(20(25)22(28)27(2)23(26)29)24(32-33(5,6)7,16-8-12-18(30-3)13-9-16)17-10-14-19(31-4)15-11-17/h8-15,20-21H,1-7H3/t20-,21-/m0/s1.